The second kappa shape index (κ2) is 7.04. The lowest BCUT2D eigenvalue weighted by atomic mass is 10.2. The van der Waals surface area contributed by atoms with Gasteiger partial charge in [0.1, 0.15) is 5.82 Å². The third-order valence-corrected chi connectivity index (χ3v) is 2.66. The molecule has 0 aromatic carbocycles. The highest BCUT2D eigenvalue weighted by Crippen LogP contribution is 2.07. The molecule has 0 aliphatic rings. The largest absolute Gasteiger partial charge is 0.366 e. The molecule has 20 heavy (non-hydrogen) atoms. The summed E-state index contributed by atoms with van der Waals surface area (Å²) >= 11 is 0. The summed E-state index contributed by atoms with van der Waals surface area (Å²) in [6.45, 7) is 4.66. The first-order valence-corrected chi connectivity index (χ1v) is 6.27. The Morgan fingerprint density at radius 1 is 1.25 bits per heavy atom. The van der Waals surface area contributed by atoms with E-state index in [2.05, 4.69) is 27.2 Å². The number of nitrogens with zero attached hydrogens (tertiary/aromatic N) is 2. The molecule has 0 bridgehead atoms. The molecule has 2 aromatic rings. The highest BCUT2D eigenvalue weighted by Gasteiger charge is 2.04. The lowest BCUT2D eigenvalue weighted by Gasteiger charge is -2.06. The zero-order valence-corrected chi connectivity index (χ0v) is 11.0. The second-order valence-electron chi connectivity index (χ2n) is 4.14. The standard InChI is InChI=1S/C15H16N4O/c1-2-7-17-15(20)13-3-4-14(19-11-13)18-10-12-5-8-16-9-6-12/h2-6,8-9,11H,1,7,10H2,(H,17,20)(H,18,19). The van der Waals surface area contributed by atoms with Crippen LogP contribution in [-0.2, 0) is 6.54 Å². The number of amides is 1. The van der Waals surface area contributed by atoms with Gasteiger partial charge in [0.05, 0.1) is 5.56 Å². The molecular formula is C15H16N4O. The van der Waals surface area contributed by atoms with E-state index in [4.69, 9.17) is 0 Å². The van der Waals surface area contributed by atoms with Crippen molar-refractivity contribution >= 4 is 11.7 Å². The van der Waals surface area contributed by atoms with Crippen LogP contribution in [0.25, 0.3) is 0 Å². The highest BCUT2D eigenvalue weighted by molar-refractivity contribution is 5.94. The summed E-state index contributed by atoms with van der Waals surface area (Å²) in [7, 11) is 0. The predicted molar refractivity (Wildman–Crippen MR) is 78.3 cm³/mol. The minimum Gasteiger partial charge on any atom is -0.366 e. The van der Waals surface area contributed by atoms with Gasteiger partial charge in [0.2, 0.25) is 0 Å². The first-order chi connectivity index (χ1) is 9.79. The van der Waals surface area contributed by atoms with Gasteiger partial charge in [-0.05, 0) is 29.8 Å². The molecule has 102 valence electrons. The number of nitrogens with one attached hydrogen (secondary N) is 2. The predicted octanol–water partition coefficient (Wildman–Crippen LogP) is 2.00. The normalized spacial score (nSPS) is 9.80. The molecule has 0 saturated carbocycles. The van der Waals surface area contributed by atoms with Gasteiger partial charge < -0.3 is 10.6 Å². The average Bonchev–Trinajstić information content (AvgIpc) is 2.52. The molecule has 0 saturated heterocycles. The zero-order valence-electron chi connectivity index (χ0n) is 11.0. The molecule has 2 aromatic heterocycles. The Bertz CT molecular complexity index is 566. The number of hydrogen-bond acceptors (Lipinski definition) is 4. The van der Waals surface area contributed by atoms with Gasteiger partial charge in [0.15, 0.2) is 0 Å². The molecule has 0 radical (unpaired) electrons. The Hall–Kier alpha value is -2.69. The van der Waals surface area contributed by atoms with Crippen LogP contribution in [0.2, 0.25) is 0 Å². The Labute approximate surface area is 117 Å². The maximum Gasteiger partial charge on any atom is 0.253 e. The van der Waals surface area contributed by atoms with Gasteiger partial charge in [0, 0.05) is 31.7 Å². The van der Waals surface area contributed by atoms with Crippen molar-refractivity contribution in [3.05, 3.63) is 66.6 Å². The second-order valence-corrected chi connectivity index (χ2v) is 4.14. The molecular weight excluding hydrogens is 252 g/mol. The molecule has 0 atom stereocenters. The third kappa shape index (κ3) is 3.91. The fourth-order valence-corrected chi connectivity index (χ4v) is 1.59. The molecule has 0 aliphatic carbocycles. The summed E-state index contributed by atoms with van der Waals surface area (Å²) in [6.07, 6.45) is 6.68. The van der Waals surface area contributed by atoms with Gasteiger partial charge in [-0.3, -0.25) is 9.78 Å². The molecule has 0 unspecified atom stereocenters. The quantitative estimate of drug-likeness (QED) is 0.786. The topological polar surface area (TPSA) is 66.9 Å². The van der Waals surface area contributed by atoms with E-state index in [-0.39, 0.29) is 5.91 Å². The van der Waals surface area contributed by atoms with Gasteiger partial charge in [-0.25, -0.2) is 4.98 Å². The van der Waals surface area contributed by atoms with Gasteiger partial charge in [-0.2, -0.15) is 0 Å². The van der Waals surface area contributed by atoms with Crippen molar-refractivity contribution in [1.82, 2.24) is 15.3 Å². The van der Waals surface area contributed by atoms with Crippen LogP contribution in [0.4, 0.5) is 5.82 Å². The van der Waals surface area contributed by atoms with Gasteiger partial charge in [-0.15, -0.1) is 6.58 Å². The SMILES string of the molecule is C=CCNC(=O)c1ccc(NCc2ccncc2)nc1. The molecule has 2 N–H and O–H groups in total. The molecule has 1 amide bonds. The van der Waals surface area contributed by atoms with Crippen molar-refractivity contribution in [3.8, 4) is 0 Å². The minimum atomic E-state index is -0.155. The van der Waals surface area contributed by atoms with Crippen molar-refractivity contribution < 1.29 is 4.79 Å². The number of carbonyl (C=O) groups excluding carboxylic acids is 1. The van der Waals surface area contributed by atoms with Crippen LogP contribution in [0.3, 0.4) is 0 Å². The van der Waals surface area contributed by atoms with Crippen molar-refractivity contribution in [2.75, 3.05) is 11.9 Å². The fraction of sp³-hybridized carbons (Fsp3) is 0.133. The third-order valence-electron chi connectivity index (χ3n) is 2.66. The summed E-state index contributed by atoms with van der Waals surface area (Å²) in [5, 5.41) is 5.89. The number of carbonyl (C=O) groups is 1. The van der Waals surface area contributed by atoms with E-state index < -0.39 is 0 Å². The van der Waals surface area contributed by atoms with Crippen LogP contribution in [-0.4, -0.2) is 22.4 Å². The lowest BCUT2D eigenvalue weighted by molar-refractivity contribution is 0.0957. The summed E-state index contributed by atoms with van der Waals surface area (Å²) < 4.78 is 0. The first kappa shape index (κ1) is 13.7. The molecule has 0 aliphatic heterocycles. The van der Waals surface area contributed by atoms with E-state index in [0.29, 0.717) is 18.7 Å². The van der Waals surface area contributed by atoms with E-state index in [1.54, 1.807) is 36.8 Å². The van der Waals surface area contributed by atoms with E-state index in [0.717, 1.165) is 11.4 Å². The smallest absolute Gasteiger partial charge is 0.253 e. The number of anilines is 1. The maximum absolute atomic E-state index is 11.7. The Kier molecular flexibility index (Phi) is 4.83. The van der Waals surface area contributed by atoms with Gasteiger partial charge in [-0.1, -0.05) is 6.08 Å². The van der Waals surface area contributed by atoms with Crippen molar-refractivity contribution in [3.63, 3.8) is 0 Å². The summed E-state index contributed by atoms with van der Waals surface area (Å²) in [6, 6.07) is 7.39. The molecule has 2 rings (SSSR count). The van der Waals surface area contributed by atoms with E-state index in [1.807, 2.05) is 12.1 Å². The van der Waals surface area contributed by atoms with E-state index in [9.17, 15) is 4.79 Å². The Morgan fingerprint density at radius 2 is 2.05 bits per heavy atom. The summed E-state index contributed by atoms with van der Waals surface area (Å²) in [5.74, 6) is 0.570. The molecule has 5 heteroatoms. The van der Waals surface area contributed by atoms with Gasteiger partial charge in [0.25, 0.3) is 5.91 Å². The van der Waals surface area contributed by atoms with Crippen LogP contribution >= 0.6 is 0 Å². The molecule has 0 fully saturated rings. The van der Waals surface area contributed by atoms with Crippen molar-refractivity contribution in [1.29, 1.82) is 0 Å². The van der Waals surface area contributed by atoms with Crippen LogP contribution in [0.1, 0.15) is 15.9 Å². The van der Waals surface area contributed by atoms with Crippen LogP contribution in [0.5, 0.6) is 0 Å². The average molecular weight is 268 g/mol. The monoisotopic (exact) mass is 268 g/mol. The summed E-state index contributed by atoms with van der Waals surface area (Å²) in [5.41, 5.74) is 1.65. The van der Waals surface area contributed by atoms with Gasteiger partial charge >= 0.3 is 0 Å². The number of hydrogen-bond donors (Lipinski definition) is 2. The molecule has 2 heterocycles. The van der Waals surface area contributed by atoms with E-state index >= 15 is 0 Å². The van der Waals surface area contributed by atoms with Crippen LogP contribution < -0.4 is 10.6 Å². The Balaban J connectivity index is 1.91. The number of aromatic nitrogens is 2. The minimum absolute atomic E-state index is 0.155. The maximum atomic E-state index is 11.7. The Morgan fingerprint density at radius 3 is 2.70 bits per heavy atom. The van der Waals surface area contributed by atoms with Crippen LogP contribution in [0, 0.1) is 0 Å². The van der Waals surface area contributed by atoms with Crippen molar-refractivity contribution in [2.24, 2.45) is 0 Å². The number of rotatable bonds is 6. The van der Waals surface area contributed by atoms with Crippen molar-refractivity contribution in [2.45, 2.75) is 6.54 Å². The molecule has 0 spiro atoms. The highest BCUT2D eigenvalue weighted by atomic mass is 16.1. The summed E-state index contributed by atoms with van der Waals surface area (Å²) in [4.78, 5) is 19.8. The number of pyridine rings is 2. The zero-order chi connectivity index (χ0) is 14.2. The van der Waals surface area contributed by atoms with E-state index in [1.165, 1.54) is 0 Å². The fourth-order valence-electron chi connectivity index (χ4n) is 1.59. The molecule has 5 nitrogen and oxygen atoms in total. The first-order valence-electron chi connectivity index (χ1n) is 6.27. The lowest BCUT2D eigenvalue weighted by Crippen LogP contribution is -2.23. The van der Waals surface area contributed by atoms with Crippen LogP contribution in [0.15, 0.2) is 55.5 Å².